The van der Waals surface area contributed by atoms with E-state index in [1.807, 2.05) is 0 Å². The quantitative estimate of drug-likeness (QED) is 0.0961. The highest BCUT2D eigenvalue weighted by Crippen LogP contribution is 2.53. The van der Waals surface area contributed by atoms with E-state index in [1.165, 1.54) is 25.7 Å². The van der Waals surface area contributed by atoms with Crippen LogP contribution in [0.5, 0.6) is 0 Å². The lowest BCUT2D eigenvalue weighted by Crippen LogP contribution is -2.57. The minimum atomic E-state index is -0.499. The number of rotatable bonds is 16. The van der Waals surface area contributed by atoms with Crippen LogP contribution in [0.1, 0.15) is 128 Å². The normalized spacial score (nSPS) is 21.9. The van der Waals surface area contributed by atoms with Gasteiger partial charge in [-0.3, -0.25) is 4.79 Å². The van der Waals surface area contributed by atoms with E-state index in [0.717, 1.165) is 43.1 Å². The molecule has 2 aliphatic carbocycles. The summed E-state index contributed by atoms with van der Waals surface area (Å²) in [5, 5.41) is 9.88. The molecule has 3 aliphatic rings. The summed E-state index contributed by atoms with van der Waals surface area (Å²) < 4.78 is 5.67. The molecule has 1 saturated heterocycles. The Kier molecular flexibility index (Phi) is 17.5. The number of carbonyl (C=O) groups excluding carboxylic acids is 2. The topological polar surface area (TPSA) is 109 Å². The fourth-order valence-electron chi connectivity index (χ4n) is 6.10. The Labute approximate surface area is 301 Å². The van der Waals surface area contributed by atoms with E-state index in [-0.39, 0.29) is 41.0 Å². The summed E-state index contributed by atoms with van der Waals surface area (Å²) >= 11 is 0. The second-order valence-electron chi connectivity index (χ2n) is 17.0. The van der Waals surface area contributed by atoms with Gasteiger partial charge in [-0.25, -0.2) is 4.79 Å². The lowest BCUT2D eigenvalue weighted by atomic mass is 9.84. The monoisotopic (exact) mass is 686 g/mol. The lowest BCUT2D eigenvalue weighted by Gasteiger charge is -2.42. The highest BCUT2D eigenvalue weighted by Gasteiger charge is 2.55. The first-order valence-electron chi connectivity index (χ1n) is 18.9. The summed E-state index contributed by atoms with van der Waals surface area (Å²) in [5.41, 5.74) is 7.18. The highest BCUT2D eigenvalue weighted by molar-refractivity contribution is 5.92. The standard InChI is InChI=1S/C33H57N5O3.C5H10.C3H8/c1-14-20(4)15-26(21(5)30(34)39)35-22(6)28-25-16-24(25)17-38(28)23(7)29(33(11,12)13)37-31(40)36-27(32(8,9)10)18-41-19(2)3;1-2-5-3-4-5;1-3-2/h20,24-29,35H,2,5-7,14-18H2,1,3-4,8-13H3,(H2,34,39)(H2,36,37,40);5H,2-4H2,1H3;3H2,1-2H3/t20?,24-,25-,26?,27?,28?,29?;;/m0../s1. The second-order valence-corrected chi connectivity index (χ2v) is 17.0. The molecule has 8 nitrogen and oxygen atoms in total. The molecule has 1 heterocycles. The van der Waals surface area contributed by atoms with Crippen LogP contribution in [0.15, 0.2) is 49.0 Å². The van der Waals surface area contributed by atoms with E-state index in [2.05, 4.69) is 123 Å². The lowest BCUT2D eigenvalue weighted by molar-refractivity contribution is -0.114. The molecule has 0 aromatic carbocycles. The van der Waals surface area contributed by atoms with Gasteiger partial charge in [0.1, 0.15) is 6.61 Å². The zero-order chi connectivity index (χ0) is 37.9. The molecule has 3 rings (SSSR count). The summed E-state index contributed by atoms with van der Waals surface area (Å²) in [6, 6.07) is -1.07. The number of ether oxygens (including phenoxy) is 1. The highest BCUT2D eigenvalue weighted by atomic mass is 16.5. The van der Waals surface area contributed by atoms with Gasteiger partial charge in [0.2, 0.25) is 5.91 Å². The smallest absolute Gasteiger partial charge is 0.315 e. The molecule has 0 aromatic heterocycles. The molecule has 3 amide bonds. The number of fused-ring (bicyclic) bond motifs is 1. The van der Waals surface area contributed by atoms with Crippen molar-refractivity contribution in [2.75, 3.05) is 13.2 Å². The number of likely N-dealkylation sites (tertiary alicyclic amines) is 1. The maximum Gasteiger partial charge on any atom is 0.315 e. The van der Waals surface area contributed by atoms with Gasteiger partial charge in [-0.05, 0) is 54.3 Å². The predicted octanol–water partition coefficient (Wildman–Crippen LogP) is 8.67. The minimum absolute atomic E-state index is 0.00797. The molecule has 5 N–H and O–H groups in total. The summed E-state index contributed by atoms with van der Waals surface area (Å²) in [4.78, 5) is 27.7. The van der Waals surface area contributed by atoms with Crippen LogP contribution < -0.4 is 21.7 Å². The number of allylic oxidation sites excluding steroid dienone is 1. The molecule has 49 heavy (non-hydrogen) atoms. The Morgan fingerprint density at radius 2 is 1.51 bits per heavy atom. The van der Waals surface area contributed by atoms with E-state index in [4.69, 9.17) is 10.5 Å². The molecular weight excluding hydrogens is 610 g/mol. The van der Waals surface area contributed by atoms with Gasteiger partial charge in [0, 0.05) is 23.5 Å². The molecule has 0 spiro atoms. The van der Waals surface area contributed by atoms with Gasteiger partial charge in [0.15, 0.2) is 0 Å². The van der Waals surface area contributed by atoms with E-state index < -0.39 is 5.91 Å². The zero-order valence-electron chi connectivity index (χ0n) is 33.6. The summed E-state index contributed by atoms with van der Waals surface area (Å²) in [6.45, 7) is 43.1. The van der Waals surface area contributed by atoms with Crippen molar-refractivity contribution in [3.63, 3.8) is 0 Å². The number of amides is 3. The maximum absolute atomic E-state index is 13.4. The minimum Gasteiger partial charge on any atom is -0.497 e. The number of nitrogens with two attached hydrogens (primary N) is 1. The largest absolute Gasteiger partial charge is 0.497 e. The fraction of sp³-hybridized carbons (Fsp3) is 0.756. The van der Waals surface area contributed by atoms with Crippen LogP contribution in [0.4, 0.5) is 4.79 Å². The molecule has 0 aromatic rings. The Balaban J connectivity index is 0.00000132. The average molecular weight is 686 g/mol. The average Bonchev–Trinajstić information content (AvgIpc) is 3.93. The van der Waals surface area contributed by atoms with Crippen molar-refractivity contribution in [1.82, 2.24) is 20.9 Å². The Hall–Kier alpha value is -2.90. The van der Waals surface area contributed by atoms with Crippen LogP contribution in [0.3, 0.4) is 0 Å². The van der Waals surface area contributed by atoms with Crippen LogP contribution in [0, 0.1) is 34.5 Å². The van der Waals surface area contributed by atoms with E-state index in [1.54, 1.807) is 6.92 Å². The first-order chi connectivity index (χ1) is 22.6. The molecule has 7 atom stereocenters. The molecule has 282 valence electrons. The molecule has 3 fully saturated rings. The molecule has 5 unspecified atom stereocenters. The van der Waals surface area contributed by atoms with Gasteiger partial charge >= 0.3 is 6.03 Å². The Morgan fingerprint density at radius 1 is 0.939 bits per heavy atom. The van der Waals surface area contributed by atoms with E-state index >= 15 is 0 Å². The number of carbonyl (C=O) groups is 2. The molecule has 2 saturated carbocycles. The summed E-state index contributed by atoms with van der Waals surface area (Å²) in [7, 11) is 0. The molecule has 0 radical (unpaired) electrons. The van der Waals surface area contributed by atoms with E-state index in [9.17, 15) is 9.59 Å². The van der Waals surface area contributed by atoms with Crippen LogP contribution in [0.2, 0.25) is 0 Å². The van der Waals surface area contributed by atoms with Crippen molar-refractivity contribution < 1.29 is 14.3 Å². The van der Waals surface area contributed by atoms with Gasteiger partial charge < -0.3 is 31.3 Å². The van der Waals surface area contributed by atoms with Gasteiger partial charge in [0.25, 0.3) is 0 Å². The first kappa shape index (κ1) is 44.1. The zero-order valence-corrected chi connectivity index (χ0v) is 33.6. The van der Waals surface area contributed by atoms with Crippen LogP contribution in [-0.2, 0) is 9.53 Å². The fourth-order valence-corrected chi connectivity index (χ4v) is 6.10. The predicted molar refractivity (Wildman–Crippen MR) is 208 cm³/mol. The van der Waals surface area contributed by atoms with Crippen molar-refractivity contribution in [1.29, 1.82) is 0 Å². The van der Waals surface area contributed by atoms with Crippen LogP contribution in [-0.4, -0.2) is 54.2 Å². The molecule has 1 aliphatic heterocycles. The number of nitrogens with zero attached hydrogens (tertiary/aromatic N) is 1. The SMILES string of the molecule is C=C(C)OCC(NC(=O)NC(C(=C)N1C[C@@H]2C[C@@H]2C1C(=C)NC(CC(C)CC)C(=C)C(N)=O)C(C)(C)C)C(C)(C)C.CCC.CCC1CC1. The number of nitrogens with one attached hydrogen (secondary N) is 3. The van der Waals surface area contributed by atoms with Crippen molar-refractivity contribution >= 4 is 11.9 Å². The Bertz CT molecular complexity index is 1130. The summed E-state index contributed by atoms with van der Waals surface area (Å²) in [5.74, 6) is 2.65. The second kappa shape index (κ2) is 19.5. The van der Waals surface area contributed by atoms with Crippen molar-refractivity contribution in [2.45, 2.75) is 152 Å². The number of piperidine rings is 1. The number of hydrogen-bond acceptors (Lipinski definition) is 5. The van der Waals surface area contributed by atoms with Gasteiger partial charge in [0.05, 0.1) is 29.9 Å². The number of urea groups is 1. The third kappa shape index (κ3) is 14.9. The van der Waals surface area contributed by atoms with Crippen molar-refractivity contribution in [2.24, 2.45) is 40.2 Å². The number of primary amides is 1. The van der Waals surface area contributed by atoms with Gasteiger partial charge in [-0.1, -0.05) is 135 Å². The Morgan fingerprint density at radius 3 is 1.92 bits per heavy atom. The van der Waals surface area contributed by atoms with Crippen molar-refractivity contribution in [3.05, 3.63) is 49.0 Å². The van der Waals surface area contributed by atoms with Crippen LogP contribution in [0.25, 0.3) is 0 Å². The third-order valence-electron chi connectivity index (χ3n) is 9.90. The molecule has 0 bridgehead atoms. The first-order valence-corrected chi connectivity index (χ1v) is 18.9. The maximum atomic E-state index is 13.4. The third-order valence-corrected chi connectivity index (χ3v) is 9.90. The van der Waals surface area contributed by atoms with Gasteiger partial charge in [-0.2, -0.15) is 0 Å². The van der Waals surface area contributed by atoms with Crippen LogP contribution >= 0.6 is 0 Å². The number of hydrogen-bond donors (Lipinski definition) is 4. The van der Waals surface area contributed by atoms with E-state index in [0.29, 0.717) is 35.7 Å². The molecule has 8 heteroatoms. The summed E-state index contributed by atoms with van der Waals surface area (Å²) in [6.07, 6.45) is 8.55. The van der Waals surface area contributed by atoms with Crippen molar-refractivity contribution in [3.8, 4) is 0 Å². The van der Waals surface area contributed by atoms with Gasteiger partial charge in [-0.15, -0.1) is 0 Å². The molecular formula is C41H75N5O3.